The van der Waals surface area contributed by atoms with Gasteiger partial charge in [0.05, 0.1) is 12.0 Å². The van der Waals surface area contributed by atoms with Gasteiger partial charge in [0.2, 0.25) is 5.91 Å². The molecule has 1 aliphatic rings. The molecule has 6 heteroatoms. The molecule has 128 valence electrons. The quantitative estimate of drug-likeness (QED) is 0.895. The number of urea groups is 1. The molecule has 23 heavy (non-hydrogen) atoms. The van der Waals surface area contributed by atoms with E-state index < -0.39 is 0 Å². The second kappa shape index (κ2) is 7.53. The Morgan fingerprint density at radius 3 is 2.61 bits per heavy atom. The van der Waals surface area contributed by atoms with Crippen molar-refractivity contribution in [2.45, 2.75) is 52.6 Å². The van der Waals surface area contributed by atoms with Crippen molar-refractivity contribution in [3.8, 4) is 0 Å². The van der Waals surface area contributed by atoms with E-state index in [1.807, 2.05) is 39.8 Å². The lowest BCUT2D eigenvalue weighted by molar-refractivity contribution is -0.127. The number of amides is 3. The van der Waals surface area contributed by atoms with Crippen molar-refractivity contribution in [1.82, 2.24) is 15.5 Å². The molecule has 1 aromatic rings. The van der Waals surface area contributed by atoms with Crippen molar-refractivity contribution >= 4 is 11.9 Å². The molecule has 0 saturated carbocycles. The first-order chi connectivity index (χ1) is 10.9. The van der Waals surface area contributed by atoms with Gasteiger partial charge in [-0.2, -0.15) is 0 Å². The van der Waals surface area contributed by atoms with Crippen LogP contribution in [0.1, 0.15) is 51.2 Å². The molecular formula is C17H27N3O3. The van der Waals surface area contributed by atoms with Gasteiger partial charge in [-0.25, -0.2) is 4.79 Å². The summed E-state index contributed by atoms with van der Waals surface area (Å²) < 4.78 is 5.55. The van der Waals surface area contributed by atoms with Crippen molar-refractivity contribution in [1.29, 1.82) is 0 Å². The SMILES string of the molecule is Cc1ccc([C@@H](C)NC(=O)[C@@H]2CCCN(C(=O)NC(C)C)C2)o1. The first kappa shape index (κ1) is 17.4. The van der Waals surface area contributed by atoms with Crippen molar-refractivity contribution in [2.24, 2.45) is 5.92 Å². The van der Waals surface area contributed by atoms with Gasteiger partial charge in [0, 0.05) is 19.1 Å². The molecule has 2 heterocycles. The number of carbonyl (C=O) groups excluding carboxylic acids is 2. The van der Waals surface area contributed by atoms with Crippen molar-refractivity contribution in [3.63, 3.8) is 0 Å². The monoisotopic (exact) mass is 321 g/mol. The van der Waals surface area contributed by atoms with E-state index in [4.69, 9.17) is 4.42 Å². The molecule has 1 aliphatic heterocycles. The molecule has 0 radical (unpaired) electrons. The molecule has 0 unspecified atom stereocenters. The molecule has 1 aromatic heterocycles. The van der Waals surface area contributed by atoms with Crippen LogP contribution in [0.25, 0.3) is 0 Å². The Kier molecular flexibility index (Phi) is 5.69. The predicted molar refractivity (Wildman–Crippen MR) is 88.0 cm³/mol. The summed E-state index contributed by atoms with van der Waals surface area (Å²) in [4.78, 5) is 26.3. The van der Waals surface area contributed by atoms with E-state index in [0.717, 1.165) is 24.4 Å². The lowest BCUT2D eigenvalue weighted by Gasteiger charge is -2.33. The minimum atomic E-state index is -0.170. The maximum atomic E-state index is 12.5. The number of furan rings is 1. The Labute approximate surface area is 137 Å². The van der Waals surface area contributed by atoms with Gasteiger partial charge in [-0.1, -0.05) is 0 Å². The van der Waals surface area contributed by atoms with E-state index >= 15 is 0 Å². The van der Waals surface area contributed by atoms with Crippen LogP contribution >= 0.6 is 0 Å². The average molecular weight is 321 g/mol. The zero-order chi connectivity index (χ0) is 17.0. The van der Waals surface area contributed by atoms with Crippen LogP contribution in [0.5, 0.6) is 0 Å². The Morgan fingerprint density at radius 1 is 1.26 bits per heavy atom. The van der Waals surface area contributed by atoms with E-state index in [9.17, 15) is 9.59 Å². The molecule has 0 aromatic carbocycles. The van der Waals surface area contributed by atoms with Gasteiger partial charge in [-0.05, 0) is 52.7 Å². The van der Waals surface area contributed by atoms with Gasteiger partial charge >= 0.3 is 6.03 Å². The van der Waals surface area contributed by atoms with Crippen LogP contribution in [0.15, 0.2) is 16.5 Å². The number of rotatable bonds is 4. The highest BCUT2D eigenvalue weighted by atomic mass is 16.3. The number of hydrogen-bond donors (Lipinski definition) is 2. The summed E-state index contributed by atoms with van der Waals surface area (Å²) >= 11 is 0. The van der Waals surface area contributed by atoms with Crippen LogP contribution in [0.3, 0.4) is 0 Å². The Morgan fingerprint density at radius 2 is 2.00 bits per heavy atom. The second-order valence-corrected chi connectivity index (χ2v) is 6.57. The zero-order valence-electron chi connectivity index (χ0n) is 14.4. The van der Waals surface area contributed by atoms with Crippen LogP contribution in [-0.4, -0.2) is 36.0 Å². The molecule has 2 rings (SSSR count). The lowest BCUT2D eigenvalue weighted by atomic mass is 9.97. The molecule has 3 amide bonds. The van der Waals surface area contributed by atoms with Gasteiger partial charge in [0.15, 0.2) is 0 Å². The largest absolute Gasteiger partial charge is 0.464 e. The molecular weight excluding hydrogens is 294 g/mol. The van der Waals surface area contributed by atoms with Gasteiger partial charge in [0.1, 0.15) is 11.5 Å². The first-order valence-electron chi connectivity index (χ1n) is 8.29. The topological polar surface area (TPSA) is 74.6 Å². The normalized spacial score (nSPS) is 19.5. The lowest BCUT2D eigenvalue weighted by Crippen LogP contribution is -2.50. The molecule has 6 nitrogen and oxygen atoms in total. The molecule has 2 N–H and O–H groups in total. The van der Waals surface area contributed by atoms with E-state index in [-0.39, 0.29) is 29.9 Å². The minimum absolute atomic E-state index is 0.0198. The number of aryl methyl sites for hydroxylation is 1. The Hall–Kier alpha value is -1.98. The molecule has 0 bridgehead atoms. The summed E-state index contributed by atoms with van der Waals surface area (Å²) in [5, 5.41) is 5.87. The van der Waals surface area contributed by atoms with Gasteiger partial charge < -0.3 is 20.0 Å². The number of hydrogen-bond acceptors (Lipinski definition) is 3. The summed E-state index contributed by atoms with van der Waals surface area (Å²) in [7, 11) is 0. The third-order valence-electron chi connectivity index (χ3n) is 4.04. The van der Waals surface area contributed by atoms with Crippen LogP contribution < -0.4 is 10.6 Å². The maximum Gasteiger partial charge on any atom is 0.317 e. The number of piperidine rings is 1. The van der Waals surface area contributed by atoms with Crippen LogP contribution in [0.4, 0.5) is 4.79 Å². The number of nitrogens with one attached hydrogen (secondary N) is 2. The third-order valence-corrected chi connectivity index (χ3v) is 4.04. The summed E-state index contributed by atoms with van der Waals surface area (Å²) in [6, 6.07) is 3.60. The summed E-state index contributed by atoms with van der Waals surface area (Å²) in [5.41, 5.74) is 0. The zero-order valence-corrected chi connectivity index (χ0v) is 14.4. The number of nitrogens with zero attached hydrogens (tertiary/aromatic N) is 1. The highest BCUT2D eigenvalue weighted by Crippen LogP contribution is 2.20. The van der Waals surface area contributed by atoms with E-state index in [1.54, 1.807) is 4.90 Å². The number of likely N-dealkylation sites (tertiary alicyclic amines) is 1. The highest BCUT2D eigenvalue weighted by Gasteiger charge is 2.29. The van der Waals surface area contributed by atoms with Crippen LogP contribution in [0, 0.1) is 12.8 Å². The summed E-state index contributed by atoms with van der Waals surface area (Å²) in [6.07, 6.45) is 1.65. The summed E-state index contributed by atoms with van der Waals surface area (Å²) in [5.74, 6) is 1.39. The van der Waals surface area contributed by atoms with E-state index in [0.29, 0.717) is 13.1 Å². The predicted octanol–water partition coefficient (Wildman–Crippen LogP) is 2.60. The molecule has 0 spiro atoms. The van der Waals surface area contributed by atoms with Gasteiger partial charge in [-0.15, -0.1) is 0 Å². The average Bonchev–Trinajstić information content (AvgIpc) is 2.93. The third kappa shape index (κ3) is 4.74. The number of carbonyl (C=O) groups is 2. The highest BCUT2D eigenvalue weighted by molar-refractivity contribution is 5.81. The van der Waals surface area contributed by atoms with Gasteiger partial charge in [-0.3, -0.25) is 4.79 Å². The standard InChI is InChI=1S/C17H27N3O3/c1-11(2)18-17(22)20-9-5-6-14(10-20)16(21)19-13(4)15-8-7-12(3)23-15/h7-8,11,13-14H,5-6,9-10H2,1-4H3,(H,18,22)(H,19,21)/t13-,14-/m1/s1. The van der Waals surface area contributed by atoms with Gasteiger partial charge in [0.25, 0.3) is 0 Å². The summed E-state index contributed by atoms with van der Waals surface area (Å²) in [6.45, 7) is 8.81. The fourth-order valence-electron chi connectivity index (χ4n) is 2.80. The van der Waals surface area contributed by atoms with Crippen LogP contribution in [-0.2, 0) is 4.79 Å². The Balaban J connectivity index is 1.90. The molecule has 2 atom stereocenters. The molecule has 1 fully saturated rings. The van der Waals surface area contributed by atoms with Crippen molar-refractivity contribution < 1.29 is 14.0 Å². The fourth-order valence-corrected chi connectivity index (χ4v) is 2.80. The second-order valence-electron chi connectivity index (χ2n) is 6.57. The Bertz CT molecular complexity index is 553. The molecule has 0 aliphatic carbocycles. The smallest absolute Gasteiger partial charge is 0.317 e. The fraction of sp³-hybridized carbons (Fsp3) is 0.647. The first-order valence-corrected chi connectivity index (χ1v) is 8.29. The van der Waals surface area contributed by atoms with Crippen molar-refractivity contribution in [3.05, 3.63) is 23.7 Å². The van der Waals surface area contributed by atoms with Crippen LogP contribution in [0.2, 0.25) is 0 Å². The van der Waals surface area contributed by atoms with Crippen molar-refractivity contribution in [2.75, 3.05) is 13.1 Å². The molecule has 1 saturated heterocycles. The van der Waals surface area contributed by atoms with E-state index in [2.05, 4.69) is 10.6 Å². The maximum absolute atomic E-state index is 12.5. The van der Waals surface area contributed by atoms with E-state index in [1.165, 1.54) is 0 Å². The minimum Gasteiger partial charge on any atom is -0.464 e.